The minimum atomic E-state index is 0.0655. The first-order chi connectivity index (χ1) is 8.67. The summed E-state index contributed by atoms with van der Waals surface area (Å²) in [4.78, 5) is 4.84. The van der Waals surface area contributed by atoms with Gasteiger partial charge in [0.05, 0.1) is 12.2 Å². The van der Waals surface area contributed by atoms with Crippen LogP contribution in [0.3, 0.4) is 0 Å². The third kappa shape index (κ3) is 2.51. The number of likely N-dealkylation sites (N-methyl/N-ethyl adjacent to an activating group) is 1. The van der Waals surface area contributed by atoms with Gasteiger partial charge in [0.2, 0.25) is 0 Å². The summed E-state index contributed by atoms with van der Waals surface area (Å²) in [6, 6.07) is 8.78. The summed E-state index contributed by atoms with van der Waals surface area (Å²) in [5, 5.41) is 0. The second-order valence-electron chi connectivity index (χ2n) is 5.42. The van der Waals surface area contributed by atoms with Gasteiger partial charge < -0.3 is 14.5 Å². The third-order valence-electron chi connectivity index (χ3n) is 3.95. The standard InChI is InChI=1S/C14H19IN2O/c1-16-8-9-18-14(10-16)6-7-17(11-14)13-4-2-12(15)3-5-13/h2-5H,6-11H2,1H3. The molecule has 2 saturated heterocycles. The zero-order chi connectivity index (χ0) is 12.6. The van der Waals surface area contributed by atoms with Crippen molar-refractivity contribution < 1.29 is 4.74 Å². The summed E-state index contributed by atoms with van der Waals surface area (Å²) in [5.41, 5.74) is 1.39. The van der Waals surface area contributed by atoms with Crippen molar-refractivity contribution in [2.24, 2.45) is 0 Å². The highest BCUT2D eigenvalue weighted by molar-refractivity contribution is 14.1. The molecule has 1 aromatic rings. The van der Waals surface area contributed by atoms with Crippen molar-refractivity contribution in [2.45, 2.75) is 12.0 Å². The fourth-order valence-corrected chi connectivity index (χ4v) is 3.36. The molecule has 3 rings (SSSR count). The number of rotatable bonds is 1. The van der Waals surface area contributed by atoms with Crippen LogP contribution in [0.4, 0.5) is 5.69 Å². The molecule has 0 N–H and O–H groups in total. The summed E-state index contributed by atoms with van der Waals surface area (Å²) >= 11 is 2.35. The van der Waals surface area contributed by atoms with Crippen LogP contribution in [0.25, 0.3) is 0 Å². The lowest BCUT2D eigenvalue weighted by Crippen LogP contribution is -2.51. The summed E-state index contributed by atoms with van der Waals surface area (Å²) < 4.78 is 7.38. The van der Waals surface area contributed by atoms with Gasteiger partial charge in [-0.25, -0.2) is 0 Å². The van der Waals surface area contributed by atoms with Gasteiger partial charge in [0.25, 0.3) is 0 Å². The molecule has 1 aromatic carbocycles. The number of nitrogens with zero attached hydrogens (tertiary/aromatic N) is 2. The first-order valence-electron chi connectivity index (χ1n) is 6.50. The Bertz CT molecular complexity index is 422. The van der Waals surface area contributed by atoms with Crippen molar-refractivity contribution in [3.8, 4) is 0 Å². The van der Waals surface area contributed by atoms with Crippen molar-refractivity contribution >= 4 is 28.3 Å². The van der Waals surface area contributed by atoms with E-state index in [0.29, 0.717) is 0 Å². The van der Waals surface area contributed by atoms with Crippen LogP contribution >= 0.6 is 22.6 Å². The van der Waals surface area contributed by atoms with E-state index in [9.17, 15) is 0 Å². The molecule has 0 amide bonds. The van der Waals surface area contributed by atoms with E-state index >= 15 is 0 Å². The van der Waals surface area contributed by atoms with Gasteiger partial charge in [0.1, 0.15) is 0 Å². The Labute approximate surface area is 122 Å². The van der Waals surface area contributed by atoms with Crippen LogP contribution in [0.2, 0.25) is 0 Å². The summed E-state index contributed by atoms with van der Waals surface area (Å²) in [6.07, 6.45) is 1.14. The Kier molecular flexibility index (Phi) is 3.51. The highest BCUT2D eigenvalue weighted by Gasteiger charge is 2.41. The molecule has 1 unspecified atom stereocenters. The first-order valence-corrected chi connectivity index (χ1v) is 7.58. The average Bonchev–Trinajstić information content (AvgIpc) is 2.73. The average molecular weight is 358 g/mol. The number of morpholine rings is 1. The van der Waals surface area contributed by atoms with E-state index in [0.717, 1.165) is 39.2 Å². The van der Waals surface area contributed by atoms with Gasteiger partial charge in [-0.05, 0) is 60.3 Å². The number of halogens is 1. The Morgan fingerprint density at radius 2 is 1.94 bits per heavy atom. The van der Waals surface area contributed by atoms with Crippen molar-refractivity contribution in [1.82, 2.24) is 4.90 Å². The number of hydrogen-bond acceptors (Lipinski definition) is 3. The molecule has 0 radical (unpaired) electrons. The van der Waals surface area contributed by atoms with Crippen molar-refractivity contribution in [2.75, 3.05) is 44.7 Å². The van der Waals surface area contributed by atoms with Gasteiger partial charge in [0, 0.05) is 35.4 Å². The lowest BCUT2D eigenvalue weighted by Gasteiger charge is -2.38. The maximum atomic E-state index is 6.09. The third-order valence-corrected chi connectivity index (χ3v) is 4.67. The largest absolute Gasteiger partial charge is 0.370 e. The fraction of sp³-hybridized carbons (Fsp3) is 0.571. The van der Waals surface area contributed by atoms with E-state index in [2.05, 4.69) is 63.7 Å². The second kappa shape index (κ2) is 4.98. The highest BCUT2D eigenvalue weighted by Crippen LogP contribution is 2.32. The Morgan fingerprint density at radius 1 is 1.17 bits per heavy atom. The van der Waals surface area contributed by atoms with E-state index in [1.165, 1.54) is 9.26 Å². The minimum absolute atomic E-state index is 0.0655. The van der Waals surface area contributed by atoms with E-state index in [1.807, 2.05) is 0 Å². The zero-order valence-corrected chi connectivity index (χ0v) is 12.9. The lowest BCUT2D eigenvalue weighted by atomic mass is 10.0. The van der Waals surface area contributed by atoms with Gasteiger partial charge in [-0.1, -0.05) is 0 Å². The molecule has 0 saturated carbocycles. The van der Waals surface area contributed by atoms with Gasteiger partial charge in [0.15, 0.2) is 0 Å². The maximum absolute atomic E-state index is 6.09. The van der Waals surface area contributed by atoms with Crippen LogP contribution in [-0.4, -0.2) is 50.3 Å². The summed E-state index contributed by atoms with van der Waals surface area (Å²) in [5.74, 6) is 0. The molecule has 2 aliphatic heterocycles. The molecular weight excluding hydrogens is 339 g/mol. The van der Waals surface area contributed by atoms with Crippen LogP contribution in [0.1, 0.15) is 6.42 Å². The van der Waals surface area contributed by atoms with Crippen molar-refractivity contribution in [1.29, 1.82) is 0 Å². The molecule has 1 spiro atoms. The smallest absolute Gasteiger partial charge is 0.0999 e. The number of anilines is 1. The van der Waals surface area contributed by atoms with Crippen LogP contribution in [0.5, 0.6) is 0 Å². The number of benzene rings is 1. The summed E-state index contributed by atoms with van der Waals surface area (Å²) in [7, 11) is 2.19. The molecule has 0 aromatic heterocycles. The highest BCUT2D eigenvalue weighted by atomic mass is 127. The van der Waals surface area contributed by atoms with Gasteiger partial charge in [-0.15, -0.1) is 0 Å². The van der Waals surface area contributed by atoms with Gasteiger partial charge in [-0.3, -0.25) is 0 Å². The molecule has 2 aliphatic rings. The molecule has 2 heterocycles. The van der Waals surface area contributed by atoms with E-state index in [-0.39, 0.29) is 5.60 Å². The van der Waals surface area contributed by atoms with Gasteiger partial charge in [-0.2, -0.15) is 0 Å². The zero-order valence-electron chi connectivity index (χ0n) is 10.7. The first kappa shape index (κ1) is 12.7. The predicted molar refractivity (Wildman–Crippen MR) is 82.2 cm³/mol. The van der Waals surface area contributed by atoms with E-state index in [1.54, 1.807) is 0 Å². The molecule has 2 fully saturated rings. The SMILES string of the molecule is CN1CCOC2(CCN(c3ccc(I)cc3)C2)C1. The molecule has 0 bridgehead atoms. The van der Waals surface area contributed by atoms with E-state index in [4.69, 9.17) is 4.74 Å². The minimum Gasteiger partial charge on any atom is -0.370 e. The van der Waals surface area contributed by atoms with Crippen molar-refractivity contribution in [3.63, 3.8) is 0 Å². The Balaban J connectivity index is 1.72. The quantitative estimate of drug-likeness (QED) is 0.716. The molecule has 1 atom stereocenters. The van der Waals surface area contributed by atoms with Gasteiger partial charge >= 0.3 is 0 Å². The number of hydrogen-bond donors (Lipinski definition) is 0. The fourth-order valence-electron chi connectivity index (χ4n) is 3.00. The Hall–Kier alpha value is -0.330. The monoisotopic (exact) mass is 358 g/mol. The predicted octanol–water partition coefficient (Wildman–Crippen LogP) is 2.20. The molecule has 3 nitrogen and oxygen atoms in total. The van der Waals surface area contributed by atoms with E-state index < -0.39 is 0 Å². The lowest BCUT2D eigenvalue weighted by molar-refractivity contribution is -0.0885. The van der Waals surface area contributed by atoms with Crippen LogP contribution in [0, 0.1) is 3.57 Å². The topological polar surface area (TPSA) is 15.7 Å². The van der Waals surface area contributed by atoms with Crippen LogP contribution in [0.15, 0.2) is 24.3 Å². The Morgan fingerprint density at radius 3 is 2.67 bits per heavy atom. The van der Waals surface area contributed by atoms with Crippen LogP contribution < -0.4 is 4.90 Å². The molecule has 0 aliphatic carbocycles. The van der Waals surface area contributed by atoms with Crippen molar-refractivity contribution in [3.05, 3.63) is 27.8 Å². The van der Waals surface area contributed by atoms with Crippen LogP contribution in [-0.2, 0) is 4.74 Å². The summed E-state index contributed by atoms with van der Waals surface area (Å²) in [6.45, 7) is 5.13. The molecule has 18 heavy (non-hydrogen) atoms. The molecule has 4 heteroatoms. The second-order valence-corrected chi connectivity index (χ2v) is 6.66. The maximum Gasteiger partial charge on any atom is 0.0999 e. The number of ether oxygens (including phenoxy) is 1. The molecule has 98 valence electrons. The molecular formula is C14H19IN2O. The normalized spacial score (nSPS) is 29.1.